The Morgan fingerprint density at radius 2 is 1.85 bits per heavy atom. The minimum absolute atomic E-state index is 0.506. The van der Waals surface area contributed by atoms with E-state index in [1.165, 1.54) is 38.5 Å². The van der Waals surface area contributed by atoms with Crippen LogP contribution in [0.3, 0.4) is 0 Å². The fraction of sp³-hybridized carbons (Fsp3) is 0.667. The van der Waals surface area contributed by atoms with E-state index >= 15 is 0 Å². The van der Waals surface area contributed by atoms with Gasteiger partial charge in [-0.3, -0.25) is 0 Å². The van der Waals surface area contributed by atoms with Crippen LogP contribution in [0.25, 0.3) is 0 Å². The van der Waals surface area contributed by atoms with Crippen LogP contribution < -0.4 is 10.2 Å². The molecular weight excluding hydrogens is 336 g/mol. The van der Waals surface area contributed by atoms with Crippen LogP contribution in [-0.2, 0) is 6.54 Å². The third kappa shape index (κ3) is 3.30. The number of aryl methyl sites for hydroxylation is 1. The maximum atomic E-state index is 4.83. The third-order valence-electron chi connectivity index (χ3n) is 7.04. The van der Waals surface area contributed by atoms with Gasteiger partial charge in [-0.05, 0) is 68.6 Å². The van der Waals surface area contributed by atoms with Crippen LogP contribution in [0.4, 0.5) is 11.8 Å². The molecule has 0 unspecified atom stereocenters. The minimum Gasteiger partial charge on any atom is -0.369 e. The SMILES string of the molecule is Cc1cnc(N(C)Cc2ncc[nH]2)nc1NCC12CC3CC(CC(C3)C1)C2. The number of hydrogen-bond donors (Lipinski definition) is 2. The molecule has 0 spiro atoms. The van der Waals surface area contributed by atoms with E-state index in [4.69, 9.17) is 4.98 Å². The summed E-state index contributed by atoms with van der Waals surface area (Å²) < 4.78 is 0. The molecule has 2 heterocycles. The number of hydrogen-bond acceptors (Lipinski definition) is 5. The van der Waals surface area contributed by atoms with Crippen molar-refractivity contribution in [2.75, 3.05) is 23.8 Å². The Bertz CT molecular complexity index is 764. The van der Waals surface area contributed by atoms with Crippen molar-refractivity contribution in [1.82, 2.24) is 19.9 Å². The Balaban J connectivity index is 1.29. The molecule has 6 heteroatoms. The number of imidazole rings is 1. The highest BCUT2D eigenvalue weighted by Gasteiger charge is 2.50. The molecule has 6 rings (SSSR count). The average molecular weight is 367 g/mol. The minimum atomic E-state index is 0.506. The molecule has 0 radical (unpaired) electrons. The summed E-state index contributed by atoms with van der Waals surface area (Å²) >= 11 is 0. The molecule has 0 aliphatic heterocycles. The topological polar surface area (TPSA) is 69.7 Å². The molecule has 0 atom stereocenters. The van der Waals surface area contributed by atoms with Crippen LogP contribution in [0.1, 0.15) is 49.9 Å². The summed E-state index contributed by atoms with van der Waals surface area (Å²) in [4.78, 5) is 18.8. The normalized spacial score (nSPS) is 31.3. The predicted octanol–water partition coefficient (Wildman–Crippen LogP) is 3.77. The van der Waals surface area contributed by atoms with Crippen LogP contribution >= 0.6 is 0 Å². The average Bonchev–Trinajstić information content (AvgIpc) is 3.13. The summed E-state index contributed by atoms with van der Waals surface area (Å²) in [5.74, 6) is 5.61. The third-order valence-corrected chi connectivity index (χ3v) is 7.04. The lowest BCUT2D eigenvalue weighted by atomic mass is 9.49. The molecule has 6 nitrogen and oxygen atoms in total. The summed E-state index contributed by atoms with van der Waals surface area (Å²) in [5.41, 5.74) is 1.63. The van der Waals surface area contributed by atoms with Crippen LogP contribution in [0.15, 0.2) is 18.6 Å². The Kier molecular flexibility index (Phi) is 4.10. The van der Waals surface area contributed by atoms with Crippen molar-refractivity contribution in [3.8, 4) is 0 Å². The van der Waals surface area contributed by atoms with Crippen molar-refractivity contribution in [3.05, 3.63) is 30.0 Å². The van der Waals surface area contributed by atoms with Crippen LogP contribution in [-0.4, -0.2) is 33.5 Å². The van der Waals surface area contributed by atoms with Gasteiger partial charge in [-0.2, -0.15) is 4.98 Å². The van der Waals surface area contributed by atoms with E-state index in [0.717, 1.165) is 47.5 Å². The molecule has 0 aromatic carbocycles. The zero-order chi connectivity index (χ0) is 18.4. The molecule has 4 fully saturated rings. The first-order valence-corrected chi connectivity index (χ1v) is 10.4. The summed E-state index contributed by atoms with van der Waals surface area (Å²) in [7, 11) is 2.01. The highest BCUT2D eigenvalue weighted by molar-refractivity contribution is 5.47. The van der Waals surface area contributed by atoms with Gasteiger partial charge < -0.3 is 15.2 Å². The smallest absolute Gasteiger partial charge is 0.227 e. The van der Waals surface area contributed by atoms with E-state index in [1.807, 2.05) is 24.3 Å². The monoisotopic (exact) mass is 366 g/mol. The number of nitrogens with zero attached hydrogens (tertiary/aromatic N) is 4. The van der Waals surface area contributed by atoms with E-state index in [1.54, 1.807) is 6.20 Å². The first-order chi connectivity index (χ1) is 13.1. The van der Waals surface area contributed by atoms with Crippen LogP contribution in [0, 0.1) is 30.1 Å². The van der Waals surface area contributed by atoms with Gasteiger partial charge in [0.25, 0.3) is 0 Å². The summed E-state index contributed by atoms with van der Waals surface area (Å²) in [6, 6.07) is 0. The van der Waals surface area contributed by atoms with E-state index < -0.39 is 0 Å². The van der Waals surface area contributed by atoms with Gasteiger partial charge in [-0.1, -0.05) is 0 Å². The number of rotatable bonds is 6. The molecule has 2 aromatic heterocycles. The molecule has 2 N–H and O–H groups in total. The number of aromatic nitrogens is 4. The van der Waals surface area contributed by atoms with Gasteiger partial charge in [0.15, 0.2) is 0 Å². The van der Waals surface area contributed by atoms with Crippen LogP contribution in [0.2, 0.25) is 0 Å². The van der Waals surface area contributed by atoms with Gasteiger partial charge in [-0.15, -0.1) is 0 Å². The molecule has 27 heavy (non-hydrogen) atoms. The van der Waals surface area contributed by atoms with E-state index in [-0.39, 0.29) is 0 Å². The lowest BCUT2D eigenvalue weighted by Crippen LogP contribution is -2.49. The predicted molar refractivity (Wildman–Crippen MR) is 107 cm³/mol. The molecule has 4 aliphatic carbocycles. The van der Waals surface area contributed by atoms with E-state index in [9.17, 15) is 0 Å². The van der Waals surface area contributed by atoms with Crippen LogP contribution in [0.5, 0.6) is 0 Å². The summed E-state index contributed by atoms with van der Waals surface area (Å²) in [5, 5.41) is 3.72. The van der Waals surface area contributed by atoms with E-state index in [2.05, 4.69) is 27.2 Å². The van der Waals surface area contributed by atoms with Crippen molar-refractivity contribution in [1.29, 1.82) is 0 Å². The fourth-order valence-electron chi connectivity index (χ4n) is 6.25. The number of aromatic amines is 1. The number of H-pyrrole nitrogens is 1. The zero-order valence-electron chi connectivity index (χ0n) is 16.4. The second-order valence-corrected chi connectivity index (χ2v) is 9.36. The largest absolute Gasteiger partial charge is 0.369 e. The molecule has 0 amide bonds. The van der Waals surface area contributed by atoms with Crippen molar-refractivity contribution < 1.29 is 0 Å². The van der Waals surface area contributed by atoms with Gasteiger partial charge in [0.1, 0.15) is 11.6 Å². The van der Waals surface area contributed by atoms with Crippen molar-refractivity contribution in [2.24, 2.45) is 23.2 Å². The first kappa shape index (κ1) is 17.0. The highest BCUT2D eigenvalue weighted by atomic mass is 15.3. The first-order valence-electron chi connectivity index (χ1n) is 10.4. The quantitative estimate of drug-likeness (QED) is 0.814. The van der Waals surface area contributed by atoms with Gasteiger partial charge in [0, 0.05) is 37.7 Å². The maximum absolute atomic E-state index is 4.83. The number of nitrogens with one attached hydrogen (secondary N) is 2. The van der Waals surface area contributed by atoms with E-state index in [0.29, 0.717) is 12.0 Å². The van der Waals surface area contributed by atoms with Crippen molar-refractivity contribution >= 4 is 11.8 Å². The molecule has 4 bridgehead atoms. The molecule has 4 aliphatic rings. The van der Waals surface area contributed by atoms with Gasteiger partial charge >= 0.3 is 0 Å². The Labute approximate surface area is 161 Å². The highest BCUT2D eigenvalue weighted by Crippen LogP contribution is 2.59. The van der Waals surface area contributed by atoms with Gasteiger partial charge in [-0.25, -0.2) is 9.97 Å². The van der Waals surface area contributed by atoms with Crippen molar-refractivity contribution in [3.63, 3.8) is 0 Å². The Morgan fingerprint density at radius 3 is 2.48 bits per heavy atom. The molecule has 144 valence electrons. The fourth-order valence-corrected chi connectivity index (χ4v) is 6.25. The van der Waals surface area contributed by atoms with Crippen molar-refractivity contribution in [2.45, 2.75) is 52.0 Å². The molecular formula is C21H30N6. The lowest BCUT2D eigenvalue weighted by molar-refractivity contribution is -0.0444. The summed E-state index contributed by atoms with van der Waals surface area (Å²) in [6.07, 6.45) is 14.3. The number of anilines is 2. The maximum Gasteiger partial charge on any atom is 0.227 e. The molecule has 2 aromatic rings. The standard InChI is InChI=1S/C21H30N6/c1-14-11-24-20(27(2)12-18-22-3-4-23-18)26-19(14)25-13-21-8-15-5-16(9-21)7-17(6-15)10-21/h3-4,11,15-17H,5-10,12-13H2,1-2H3,(H,22,23)(H,24,25,26). The van der Waals surface area contributed by atoms with Gasteiger partial charge in [0.2, 0.25) is 5.95 Å². The lowest BCUT2D eigenvalue weighted by Gasteiger charge is -2.57. The van der Waals surface area contributed by atoms with Gasteiger partial charge in [0.05, 0.1) is 6.54 Å². The summed E-state index contributed by atoms with van der Waals surface area (Å²) in [6.45, 7) is 3.83. The second kappa shape index (κ2) is 6.50. The second-order valence-electron chi connectivity index (χ2n) is 9.36. The zero-order valence-corrected chi connectivity index (χ0v) is 16.4. The molecule has 4 saturated carbocycles. The Morgan fingerprint density at radius 1 is 1.15 bits per heavy atom. The Hall–Kier alpha value is -2.11. The molecule has 0 saturated heterocycles.